The van der Waals surface area contributed by atoms with Gasteiger partial charge in [-0.15, -0.1) is 6.58 Å². The smallest absolute Gasteiger partial charge is 0.248 e. The number of aliphatic hydroxyl groups is 2. The van der Waals surface area contributed by atoms with Gasteiger partial charge in [0.15, 0.2) is 0 Å². The minimum atomic E-state index is -1.78. The van der Waals surface area contributed by atoms with E-state index in [4.69, 9.17) is 4.74 Å². The number of likely N-dealkylation sites (N-methyl/N-ethyl adjacent to an activating group) is 2. The second kappa shape index (κ2) is 24.8. The lowest BCUT2D eigenvalue weighted by Crippen LogP contribution is -2.62. The van der Waals surface area contributed by atoms with Crippen LogP contribution in [0, 0.1) is 23.7 Å². The third-order valence-corrected chi connectivity index (χ3v) is 13.4. The fourth-order valence-corrected chi connectivity index (χ4v) is 8.83. The lowest BCUT2D eigenvalue weighted by Gasteiger charge is -2.36. The molecule has 390 valence electrons. The number of hydrogen-bond acceptors (Lipinski definition) is 10. The van der Waals surface area contributed by atoms with Crippen LogP contribution in [-0.4, -0.2) is 136 Å². The number of aliphatic hydroxyl groups excluding tert-OH is 2. The van der Waals surface area contributed by atoms with Gasteiger partial charge < -0.3 is 55.9 Å². The molecule has 3 unspecified atom stereocenters. The van der Waals surface area contributed by atoms with E-state index < -0.39 is 119 Å². The van der Waals surface area contributed by atoms with E-state index in [1.807, 2.05) is 44.4 Å². The highest BCUT2D eigenvalue weighted by molar-refractivity contribution is 5.99. The second-order valence-corrected chi connectivity index (χ2v) is 20.6. The van der Waals surface area contributed by atoms with Crippen LogP contribution >= 0.6 is 0 Å². The molecule has 0 bridgehead atoms. The van der Waals surface area contributed by atoms with Gasteiger partial charge in [0.1, 0.15) is 54.5 Å². The summed E-state index contributed by atoms with van der Waals surface area (Å²) >= 11 is 0. The molecule has 4 rings (SSSR count). The summed E-state index contributed by atoms with van der Waals surface area (Å²) in [6.45, 7) is 21.1. The van der Waals surface area contributed by atoms with Crippen molar-refractivity contribution >= 4 is 52.3 Å². The van der Waals surface area contributed by atoms with E-state index in [9.17, 15) is 39.0 Å². The summed E-state index contributed by atoms with van der Waals surface area (Å²) in [5.74, 6) is -7.31. The summed E-state index contributed by atoms with van der Waals surface area (Å²) in [4.78, 5) is 105. The molecule has 0 radical (unpaired) electrons. The number of hydrogen-bond donors (Lipinski definition) is 7. The first kappa shape index (κ1) is 57.5. The predicted molar refractivity (Wildman–Crippen MR) is 271 cm³/mol. The van der Waals surface area contributed by atoms with Gasteiger partial charge in [-0.3, -0.25) is 33.6 Å². The normalized spacial score (nSPS) is 24.5. The van der Waals surface area contributed by atoms with Crippen LogP contribution in [0.4, 0.5) is 0 Å². The molecule has 18 heteroatoms. The molecular formula is C53H78N8O10. The first-order valence-electron chi connectivity index (χ1n) is 24.5. The summed E-state index contributed by atoms with van der Waals surface area (Å²) in [6.07, 6.45) is 0.607. The first-order chi connectivity index (χ1) is 33.3. The van der Waals surface area contributed by atoms with E-state index in [2.05, 4.69) is 33.2 Å². The monoisotopic (exact) mass is 987 g/mol. The predicted octanol–water partition coefficient (Wildman–Crippen LogP) is 3.47. The zero-order chi connectivity index (χ0) is 53.2. The molecule has 1 fully saturated rings. The number of carbonyl (C=O) groups excluding carboxylic acids is 7. The second-order valence-electron chi connectivity index (χ2n) is 20.6. The number of benzene rings is 2. The van der Waals surface area contributed by atoms with Crippen LogP contribution in [0.25, 0.3) is 10.9 Å². The Hall–Kier alpha value is -6.11. The summed E-state index contributed by atoms with van der Waals surface area (Å²) < 4.78 is 7.74. The molecule has 7 amide bonds. The molecule has 1 aliphatic rings. The highest BCUT2D eigenvalue weighted by Gasteiger charge is 2.43. The van der Waals surface area contributed by atoms with Gasteiger partial charge in [-0.05, 0) is 68.9 Å². The van der Waals surface area contributed by atoms with Gasteiger partial charge in [0, 0.05) is 50.5 Å². The van der Waals surface area contributed by atoms with Gasteiger partial charge in [0.25, 0.3) is 0 Å². The number of para-hydroxylation sites is 1. The van der Waals surface area contributed by atoms with E-state index in [-0.39, 0.29) is 30.9 Å². The zero-order valence-corrected chi connectivity index (χ0v) is 43.7. The van der Waals surface area contributed by atoms with Gasteiger partial charge in [0.2, 0.25) is 41.4 Å². The van der Waals surface area contributed by atoms with Crippen LogP contribution in [0.3, 0.4) is 0 Å². The number of methoxy groups -OCH3 is 1. The number of fused-ring (bicyclic) bond motifs is 1. The highest BCUT2D eigenvalue weighted by Crippen LogP contribution is 2.34. The Morgan fingerprint density at radius 1 is 0.676 bits per heavy atom. The number of carbonyl (C=O) groups is 7. The van der Waals surface area contributed by atoms with Crippen molar-refractivity contribution in [2.45, 2.75) is 142 Å². The highest BCUT2D eigenvalue weighted by atomic mass is 16.5. The molecule has 3 aromatic rings. The van der Waals surface area contributed by atoms with E-state index in [1.54, 1.807) is 89.4 Å². The molecule has 1 aromatic heterocycles. The van der Waals surface area contributed by atoms with Crippen molar-refractivity contribution < 1.29 is 48.5 Å². The summed E-state index contributed by atoms with van der Waals surface area (Å²) in [5, 5.41) is 37.2. The van der Waals surface area contributed by atoms with Crippen molar-refractivity contribution in [2.75, 3.05) is 27.8 Å². The summed E-state index contributed by atoms with van der Waals surface area (Å²) in [5.41, 5.74) is 0.807. The van der Waals surface area contributed by atoms with E-state index in [0.717, 1.165) is 4.90 Å². The molecule has 7 N–H and O–H groups in total. The lowest BCUT2D eigenvalue weighted by atomic mass is 9.95. The van der Waals surface area contributed by atoms with Crippen molar-refractivity contribution in [1.82, 2.24) is 41.0 Å². The number of aromatic nitrogens is 1. The SMILES string of the molecule is C=CC(C)(C)n1cc(C(O)[C@@H]2NC(=O)[C@H](C(C)C)NC(=O)[C@H](CC(C)C)N(C)C(=O)[C@H](C(C)C)NC(=O)[C@H](C(OC)c3ccccc3)NC(=O)[C@H](C)NC(=O)[C@H](CC(C)CO)N(C)C2=O)c2ccccc21. The van der Waals surface area contributed by atoms with E-state index in [0.29, 0.717) is 16.5 Å². The Balaban J connectivity index is 1.97. The Morgan fingerprint density at radius 2 is 1.17 bits per heavy atom. The van der Waals surface area contributed by atoms with Crippen molar-refractivity contribution in [3.05, 3.63) is 84.6 Å². The van der Waals surface area contributed by atoms with Crippen molar-refractivity contribution in [3.8, 4) is 0 Å². The zero-order valence-electron chi connectivity index (χ0n) is 43.7. The van der Waals surface area contributed by atoms with Crippen LogP contribution in [0.1, 0.15) is 105 Å². The Kier molecular flexibility index (Phi) is 20.1. The van der Waals surface area contributed by atoms with Crippen molar-refractivity contribution in [3.63, 3.8) is 0 Å². The topological polar surface area (TPSA) is 241 Å². The average Bonchev–Trinajstić information content (AvgIpc) is 3.74. The molecule has 1 saturated heterocycles. The van der Waals surface area contributed by atoms with Crippen molar-refractivity contribution in [1.29, 1.82) is 0 Å². The Labute approximate surface area is 418 Å². The quantitative estimate of drug-likeness (QED) is 0.116. The van der Waals surface area contributed by atoms with Crippen LogP contribution in [0.15, 0.2) is 73.4 Å². The molecule has 2 aromatic carbocycles. The van der Waals surface area contributed by atoms with Gasteiger partial charge >= 0.3 is 0 Å². The van der Waals surface area contributed by atoms with Gasteiger partial charge in [-0.25, -0.2) is 0 Å². The maximum Gasteiger partial charge on any atom is 0.248 e. The maximum atomic E-state index is 15.2. The van der Waals surface area contributed by atoms with Crippen LogP contribution in [-0.2, 0) is 43.8 Å². The lowest BCUT2D eigenvalue weighted by molar-refractivity contribution is -0.146. The first-order valence-corrected chi connectivity index (χ1v) is 24.5. The van der Waals surface area contributed by atoms with Crippen molar-refractivity contribution in [2.24, 2.45) is 23.7 Å². The minimum Gasteiger partial charge on any atom is -0.396 e. The van der Waals surface area contributed by atoms with E-state index in [1.165, 1.54) is 33.0 Å². The molecule has 1 aliphatic heterocycles. The molecule has 10 atom stereocenters. The van der Waals surface area contributed by atoms with Gasteiger partial charge in [-0.1, -0.05) is 103 Å². The molecule has 0 saturated carbocycles. The Morgan fingerprint density at radius 3 is 1.72 bits per heavy atom. The fraction of sp³-hybridized carbons (Fsp3) is 0.566. The number of ether oxygens (including phenoxy) is 1. The summed E-state index contributed by atoms with van der Waals surface area (Å²) in [7, 11) is 4.14. The molecule has 0 aliphatic carbocycles. The van der Waals surface area contributed by atoms with E-state index >= 15 is 4.79 Å². The average molecular weight is 987 g/mol. The molecular weight excluding hydrogens is 909 g/mol. The van der Waals surface area contributed by atoms with Gasteiger partial charge in [0.05, 0.1) is 5.54 Å². The Bertz CT molecular complexity index is 2370. The standard InChI is InChI=1S/C53H78N8O10/c1-15-53(10,11)61-27-36(35-23-19-20-24-37(35)61)44(63)42-52(70)60(13)39(26-32(8)28-62)47(65)54-33(9)46(64)58-43(45(71-14)34-21-17-16-18-22-34)50(68)56-41(31(6)7)51(69)59(12)38(25-29(2)3)48(66)55-40(30(4)5)49(67)57-42/h15-24,27,29-33,38-45,62-63H,1,25-26,28H2,2-14H3,(H,54,65)(H,55,66)(H,56,68)(H,57,67)(H,58,64)/t32?,33-,38-,39-,40-,41-,42-,43-,44?,45?/m0/s1. The van der Waals surface area contributed by atoms with Crippen LogP contribution < -0.4 is 26.6 Å². The van der Waals surface area contributed by atoms with Gasteiger partial charge in [-0.2, -0.15) is 0 Å². The number of nitrogens with one attached hydrogen (secondary N) is 5. The largest absolute Gasteiger partial charge is 0.396 e. The number of amides is 7. The maximum absolute atomic E-state index is 15.2. The minimum absolute atomic E-state index is 0.118. The van der Waals surface area contributed by atoms with Crippen LogP contribution in [0.5, 0.6) is 0 Å². The number of allylic oxidation sites excluding steroid dienone is 1. The number of nitrogens with zero attached hydrogens (tertiary/aromatic N) is 3. The molecule has 2 heterocycles. The third kappa shape index (κ3) is 13.7. The molecule has 0 spiro atoms. The van der Waals surface area contributed by atoms with Crippen LogP contribution in [0.2, 0.25) is 0 Å². The molecule has 18 nitrogen and oxygen atoms in total. The third-order valence-electron chi connectivity index (χ3n) is 13.4. The fourth-order valence-electron chi connectivity index (χ4n) is 8.83. The number of rotatable bonds is 14. The molecule has 71 heavy (non-hydrogen) atoms. The summed E-state index contributed by atoms with van der Waals surface area (Å²) in [6, 6.07) is 6.20.